The minimum atomic E-state index is -3.27. The number of rotatable bonds is 7. The fourth-order valence-electron chi connectivity index (χ4n) is 4.79. The van der Waals surface area contributed by atoms with Crippen LogP contribution in [0.3, 0.4) is 0 Å². The summed E-state index contributed by atoms with van der Waals surface area (Å²) in [4.78, 5) is 19.9. The zero-order valence-corrected chi connectivity index (χ0v) is 17.1. The van der Waals surface area contributed by atoms with Gasteiger partial charge >= 0.3 is 0 Å². The van der Waals surface area contributed by atoms with Crippen LogP contribution in [0.5, 0.6) is 0 Å². The lowest BCUT2D eigenvalue weighted by atomic mass is 9.85. The van der Waals surface area contributed by atoms with Crippen LogP contribution >= 0.6 is 0 Å². The molecular weight excluding hydrogens is 354 g/mol. The fraction of sp³-hybridized carbons (Fsp3) is 0.889. The van der Waals surface area contributed by atoms with Gasteiger partial charge in [-0.05, 0) is 24.7 Å². The van der Waals surface area contributed by atoms with Crippen molar-refractivity contribution in [2.75, 3.05) is 39.1 Å². The Kier molecular flexibility index (Phi) is 5.48. The molecule has 0 aromatic carbocycles. The van der Waals surface area contributed by atoms with Crippen LogP contribution in [0.4, 0.5) is 0 Å². The molecule has 1 spiro atoms. The number of aliphatic imine (C=N–C) groups is 1. The summed E-state index contributed by atoms with van der Waals surface area (Å²) < 4.78 is 32.1. The summed E-state index contributed by atoms with van der Waals surface area (Å²) in [7, 11) is -1.65. The predicted molar refractivity (Wildman–Crippen MR) is 100 cm³/mol. The molecule has 0 N–H and O–H groups in total. The van der Waals surface area contributed by atoms with E-state index in [1.807, 2.05) is 20.8 Å². The van der Waals surface area contributed by atoms with E-state index in [1.54, 1.807) is 16.3 Å². The standard InChI is InChI=1S/C18H31N3O4S/c1-5-16-19-18(17(22)21(16)8-9-25-4)7-6-14-10-20(11-15(14)18)26(23,24)12-13(2)3/h13-15H,5-12H2,1-4H3/t14-,15+,18-/m0/s1. The van der Waals surface area contributed by atoms with E-state index in [9.17, 15) is 13.2 Å². The molecule has 0 radical (unpaired) electrons. The van der Waals surface area contributed by atoms with Gasteiger partial charge in [0.15, 0.2) is 0 Å². The quantitative estimate of drug-likeness (QED) is 0.663. The number of hydrogen-bond acceptors (Lipinski definition) is 5. The largest absolute Gasteiger partial charge is 0.383 e. The van der Waals surface area contributed by atoms with Gasteiger partial charge in [0.2, 0.25) is 10.0 Å². The zero-order valence-electron chi connectivity index (χ0n) is 16.3. The zero-order chi connectivity index (χ0) is 19.1. The van der Waals surface area contributed by atoms with Crippen LogP contribution < -0.4 is 0 Å². The normalized spacial score (nSPS) is 32.1. The molecule has 2 heterocycles. The lowest BCUT2D eigenvalue weighted by Crippen LogP contribution is -2.47. The average molecular weight is 386 g/mol. The van der Waals surface area contributed by atoms with E-state index in [2.05, 4.69) is 0 Å². The molecule has 0 bridgehead atoms. The van der Waals surface area contributed by atoms with Crippen molar-refractivity contribution in [2.24, 2.45) is 22.7 Å². The Labute approximate surface area is 156 Å². The Morgan fingerprint density at radius 3 is 2.69 bits per heavy atom. The molecule has 1 amide bonds. The molecule has 1 saturated heterocycles. The van der Waals surface area contributed by atoms with Gasteiger partial charge in [-0.1, -0.05) is 20.8 Å². The number of hydrogen-bond donors (Lipinski definition) is 0. The van der Waals surface area contributed by atoms with E-state index < -0.39 is 15.6 Å². The van der Waals surface area contributed by atoms with Gasteiger partial charge in [0.25, 0.3) is 5.91 Å². The van der Waals surface area contributed by atoms with Gasteiger partial charge in [-0.25, -0.2) is 12.7 Å². The van der Waals surface area contributed by atoms with E-state index in [-0.39, 0.29) is 29.4 Å². The third kappa shape index (κ3) is 3.20. The summed E-state index contributed by atoms with van der Waals surface area (Å²) >= 11 is 0. The van der Waals surface area contributed by atoms with E-state index in [0.29, 0.717) is 32.7 Å². The Hall–Kier alpha value is -0.990. The molecular formula is C18H31N3O4S. The highest BCUT2D eigenvalue weighted by Gasteiger charge is 2.61. The number of ether oxygens (including phenoxy) is 1. The highest BCUT2D eigenvalue weighted by atomic mass is 32.2. The summed E-state index contributed by atoms with van der Waals surface area (Å²) in [5.41, 5.74) is -0.758. The van der Waals surface area contributed by atoms with Crippen LogP contribution in [-0.2, 0) is 19.6 Å². The van der Waals surface area contributed by atoms with Crippen molar-refractivity contribution in [1.82, 2.24) is 9.21 Å². The summed E-state index contributed by atoms with van der Waals surface area (Å²) in [6, 6.07) is 0. The number of sulfonamides is 1. The van der Waals surface area contributed by atoms with Crippen molar-refractivity contribution in [1.29, 1.82) is 0 Å². The van der Waals surface area contributed by atoms with E-state index >= 15 is 0 Å². The van der Waals surface area contributed by atoms with Crippen LogP contribution in [0.25, 0.3) is 0 Å². The maximum atomic E-state index is 13.3. The Balaban J connectivity index is 1.83. The summed E-state index contributed by atoms with van der Waals surface area (Å²) in [6.07, 6.45) is 2.29. The summed E-state index contributed by atoms with van der Waals surface area (Å²) in [6.45, 7) is 7.78. The van der Waals surface area contributed by atoms with Crippen LogP contribution in [-0.4, -0.2) is 74.0 Å². The molecule has 2 fully saturated rings. The lowest BCUT2D eigenvalue weighted by Gasteiger charge is -2.28. The first-order chi connectivity index (χ1) is 12.2. The Morgan fingerprint density at radius 1 is 1.35 bits per heavy atom. The maximum absolute atomic E-state index is 13.3. The van der Waals surface area contributed by atoms with Gasteiger partial charge in [-0.15, -0.1) is 0 Å². The number of nitrogens with zero attached hydrogens (tertiary/aromatic N) is 3. The van der Waals surface area contributed by atoms with Crippen molar-refractivity contribution >= 4 is 21.8 Å². The van der Waals surface area contributed by atoms with Crippen LogP contribution in [0.1, 0.15) is 40.0 Å². The maximum Gasteiger partial charge on any atom is 0.256 e. The van der Waals surface area contributed by atoms with Crippen molar-refractivity contribution in [3.63, 3.8) is 0 Å². The van der Waals surface area contributed by atoms with Crippen LogP contribution in [0.2, 0.25) is 0 Å². The van der Waals surface area contributed by atoms with Gasteiger partial charge < -0.3 is 4.74 Å². The lowest BCUT2D eigenvalue weighted by molar-refractivity contribution is -0.132. The Morgan fingerprint density at radius 2 is 2.08 bits per heavy atom. The van der Waals surface area contributed by atoms with Crippen molar-refractivity contribution in [3.8, 4) is 0 Å². The molecule has 1 saturated carbocycles. The van der Waals surface area contributed by atoms with Gasteiger partial charge in [0.1, 0.15) is 11.4 Å². The smallest absolute Gasteiger partial charge is 0.256 e. The van der Waals surface area contributed by atoms with Gasteiger partial charge in [-0.3, -0.25) is 14.7 Å². The highest BCUT2D eigenvalue weighted by Crippen LogP contribution is 2.51. The molecule has 0 aromatic rings. The highest BCUT2D eigenvalue weighted by molar-refractivity contribution is 7.89. The molecule has 3 aliphatic rings. The molecule has 0 aromatic heterocycles. The number of fused-ring (bicyclic) bond motifs is 2. The van der Waals surface area contributed by atoms with Gasteiger partial charge in [0.05, 0.1) is 18.9 Å². The van der Waals surface area contributed by atoms with Crippen molar-refractivity contribution in [3.05, 3.63) is 0 Å². The molecule has 0 unspecified atom stereocenters. The molecule has 7 nitrogen and oxygen atoms in total. The average Bonchev–Trinajstić information content (AvgIpc) is 3.20. The van der Waals surface area contributed by atoms with Crippen molar-refractivity contribution < 1.29 is 17.9 Å². The number of methoxy groups -OCH3 is 1. The van der Waals surface area contributed by atoms with Gasteiger partial charge in [0, 0.05) is 32.5 Å². The minimum Gasteiger partial charge on any atom is -0.383 e. The SMILES string of the molecule is CCC1=N[C@]2(CC[C@H]3CN(S(=O)(=O)CC(C)C)C[C@H]32)C(=O)N1CCOC. The third-order valence-electron chi connectivity index (χ3n) is 5.95. The topological polar surface area (TPSA) is 79.3 Å². The third-order valence-corrected chi connectivity index (χ3v) is 8.12. The van der Waals surface area contributed by atoms with Crippen LogP contribution in [0.15, 0.2) is 4.99 Å². The molecule has 26 heavy (non-hydrogen) atoms. The number of carbonyl (C=O) groups excluding carboxylic acids is 1. The molecule has 1 aliphatic carbocycles. The number of carbonyl (C=O) groups is 1. The second kappa shape index (κ2) is 7.20. The first-order valence-electron chi connectivity index (χ1n) is 9.62. The van der Waals surface area contributed by atoms with Gasteiger partial charge in [-0.2, -0.15) is 0 Å². The second-order valence-corrected chi connectivity index (χ2v) is 10.2. The van der Waals surface area contributed by atoms with Crippen molar-refractivity contribution in [2.45, 2.75) is 45.6 Å². The molecule has 148 valence electrons. The molecule has 8 heteroatoms. The molecule has 3 rings (SSSR count). The van der Waals surface area contributed by atoms with Crippen LogP contribution in [0, 0.1) is 17.8 Å². The number of amidine groups is 1. The number of amides is 1. The molecule has 2 aliphatic heterocycles. The summed E-state index contributed by atoms with van der Waals surface area (Å²) in [5, 5.41) is 0. The first-order valence-corrected chi connectivity index (χ1v) is 11.2. The predicted octanol–water partition coefficient (Wildman–Crippen LogP) is 1.35. The first kappa shape index (κ1) is 19.8. The minimum absolute atomic E-state index is 0.00830. The monoisotopic (exact) mass is 385 g/mol. The van der Waals surface area contributed by atoms with E-state index in [4.69, 9.17) is 9.73 Å². The second-order valence-electron chi connectivity index (χ2n) is 8.15. The Bertz CT molecular complexity index is 691. The van der Waals surface area contributed by atoms with E-state index in [0.717, 1.165) is 18.7 Å². The molecule has 3 atom stereocenters. The van der Waals surface area contributed by atoms with E-state index in [1.165, 1.54) is 0 Å². The summed E-state index contributed by atoms with van der Waals surface area (Å²) in [5.74, 6) is 1.34. The fourth-order valence-corrected chi connectivity index (χ4v) is 6.65.